The second-order valence-electron chi connectivity index (χ2n) is 15.2. The number of hydrogen-bond donors (Lipinski definition) is 0. The zero-order chi connectivity index (χ0) is 36.6. The summed E-state index contributed by atoms with van der Waals surface area (Å²) < 4.78 is 0. The van der Waals surface area contributed by atoms with Crippen molar-refractivity contribution in [3.63, 3.8) is 0 Å². The van der Waals surface area contributed by atoms with Gasteiger partial charge < -0.3 is 4.90 Å². The van der Waals surface area contributed by atoms with E-state index in [1.165, 1.54) is 39.3 Å². The molecule has 3 aromatic carbocycles. The maximum absolute atomic E-state index is 14.2. The number of amides is 3. The van der Waals surface area contributed by atoms with Crippen molar-refractivity contribution in [1.82, 2.24) is 9.88 Å². The molecule has 1 heterocycles. The van der Waals surface area contributed by atoms with Crippen LogP contribution < -0.4 is 4.90 Å². The highest BCUT2D eigenvalue weighted by Gasteiger charge is 2.31. The number of carbonyl (C=O) groups excluding carboxylic acids is 4. The third kappa shape index (κ3) is 7.41. The van der Waals surface area contributed by atoms with E-state index in [-0.39, 0.29) is 28.0 Å². The van der Waals surface area contributed by atoms with Gasteiger partial charge in [-0.1, -0.05) is 45.0 Å². The Labute approximate surface area is 291 Å². The van der Waals surface area contributed by atoms with E-state index in [4.69, 9.17) is 0 Å². The minimum absolute atomic E-state index is 0.0144. The molecule has 7 heteroatoms. The van der Waals surface area contributed by atoms with Gasteiger partial charge in [0, 0.05) is 47.7 Å². The summed E-state index contributed by atoms with van der Waals surface area (Å²) in [7, 11) is 1.68. The molecule has 49 heavy (non-hydrogen) atoms. The first kappa shape index (κ1) is 36.9. The van der Waals surface area contributed by atoms with Crippen LogP contribution in [0.3, 0.4) is 0 Å². The van der Waals surface area contributed by atoms with Gasteiger partial charge in [0.25, 0.3) is 11.8 Å². The van der Waals surface area contributed by atoms with Crippen LogP contribution >= 0.6 is 0 Å². The first-order valence-electron chi connectivity index (χ1n) is 16.6. The lowest BCUT2D eigenvalue weighted by Crippen LogP contribution is -2.45. The molecule has 0 saturated heterocycles. The highest BCUT2D eigenvalue weighted by atomic mass is 16.2. The molecule has 0 aliphatic heterocycles. The molecule has 0 saturated carbocycles. The molecule has 0 N–H and O–H groups in total. The molecular formula is C42H49N3O4. The van der Waals surface area contributed by atoms with Crippen LogP contribution in [0.2, 0.25) is 0 Å². The molecular weight excluding hydrogens is 610 g/mol. The number of imide groups is 1. The minimum atomic E-state index is -0.772. The van der Waals surface area contributed by atoms with Crippen LogP contribution in [0.15, 0.2) is 60.9 Å². The Balaban J connectivity index is 1.82. The molecule has 3 amide bonds. The highest BCUT2D eigenvalue weighted by Crippen LogP contribution is 2.39. The molecule has 1 atom stereocenters. The molecule has 0 fully saturated rings. The quantitative estimate of drug-likeness (QED) is 0.177. The van der Waals surface area contributed by atoms with Crippen molar-refractivity contribution >= 4 is 30.2 Å². The predicted octanol–water partition coefficient (Wildman–Crippen LogP) is 8.59. The van der Waals surface area contributed by atoms with E-state index in [9.17, 15) is 19.2 Å². The second kappa shape index (κ2) is 13.9. The molecule has 0 radical (unpaired) electrons. The van der Waals surface area contributed by atoms with Crippen molar-refractivity contribution in [3.8, 4) is 0 Å². The zero-order valence-corrected chi connectivity index (χ0v) is 31.0. The number of hydrogen-bond acceptors (Lipinski definition) is 5. The molecule has 1 aromatic heterocycles. The van der Waals surface area contributed by atoms with Gasteiger partial charge in [-0.05, 0) is 135 Å². The van der Waals surface area contributed by atoms with E-state index < -0.39 is 17.4 Å². The standard InChI is InChI=1S/C42H49N3O4/c1-25-17-33(23-46)35(22-34(25)40(49)45(24-47)42(9,10)11)39(48)44(12)38-28(4)20-32(21-29(38)5)36(30-13-15-43-16-14-30)31-18-26(2)37(27(3)19-31)41(6,7)8/h13-24,36H,1-12H3. The Morgan fingerprint density at radius 2 is 1.18 bits per heavy atom. The van der Waals surface area contributed by atoms with Crippen molar-refractivity contribution in [2.24, 2.45) is 0 Å². The number of rotatable bonds is 8. The second-order valence-corrected chi connectivity index (χ2v) is 15.2. The van der Waals surface area contributed by atoms with E-state index in [0.717, 1.165) is 27.2 Å². The van der Waals surface area contributed by atoms with Crippen molar-refractivity contribution in [2.75, 3.05) is 11.9 Å². The lowest BCUT2D eigenvalue weighted by atomic mass is 9.77. The smallest absolute Gasteiger partial charge is 0.261 e. The van der Waals surface area contributed by atoms with E-state index >= 15 is 0 Å². The van der Waals surface area contributed by atoms with E-state index in [1.807, 2.05) is 38.4 Å². The summed E-state index contributed by atoms with van der Waals surface area (Å²) in [5.41, 5.74) is 9.91. The van der Waals surface area contributed by atoms with Gasteiger partial charge in [0.05, 0.1) is 5.56 Å². The lowest BCUT2D eigenvalue weighted by Gasteiger charge is -2.31. The number of aryl methyl sites for hydroxylation is 5. The number of carbonyl (C=O) groups is 4. The SMILES string of the molecule is Cc1cc(C=O)c(C(=O)N(C)c2c(C)cc(C(c3ccncc3)c3cc(C)c(C(C)(C)C)c(C)c3)cc2C)cc1C(=O)N(C=O)C(C)(C)C. The molecule has 0 aliphatic rings. The average Bonchev–Trinajstić information content (AvgIpc) is 2.99. The van der Waals surface area contributed by atoms with Gasteiger partial charge in [0.1, 0.15) is 0 Å². The summed E-state index contributed by atoms with van der Waals surface area (Å²) in [5, 5.41) is 0. The van der Waals surface area contributed by atoms with Gasteiger partial charge in [-0.3, -0.25) is 29.1 Å². The topological polar surface area (TPSA) is 87.7 Å². The van der Waals surface area contributed by atoms with E-state index in [2.05, 4.69) is 63.9 Å². The van der Waals surface area contributed by atoms with Crippen LogP contribution in [0, 0.1) is 34.6 Å². The number of benzene rings is 3. The fourth-order valence-electron chi connectivity index (χ4n) is 7.33. The molecule has 7 nitrogen and oxygen atoms in total. The van der Waals surface area contributed by atoms with Gasteiger partial charge in [-0.15, -0.1) is 0 Å². The largest absolute Gasteiger partial charge is 0.311 e. The zero-order valence-electron chi connectivity index (χ0n) is 31.0. The van der Waals surface area contributed by atoms with Crippen LogP contribution in [0.25, 0.3) is 0 Å². The van der Waals surface area contributed by atoms with Gasteiger partial charge in [-0.2, -0.15) is 0 Å². The normalized spacial score (nSPS) is 12.3. The summed E-state index contributed by atoms with van der Waals surface area (Å²) in [5.74, 6) is -1.04. The van der Waals surface area contributed by atoms with Gasteiger partial charge in [0.15, 0.2) is 6.29 Å². The summed E-state index contributed by atoms with van der Waals surface area (Å²) in [6, 6.07) is 15.9. The Hall–Kier alpha value is -4.91. The maximum atomic E-state index is 14.2. The Morgan fingerprint density at radius 1 is 0.673 bits per heavy atom. The van der Waals surface area contributed by atoms with Crippen molar-refractivity contribution in [3.05, 3.63) is 128 Å². The van der Waals surface area contributed by atoms with Crippen molar-refractivity contribution < 1.29 is 19.2 Å². The van der Waals surface area contributed by atoms with Crippen LogP contribution in [0.4, 0.5) is 5.69 Å². The van der Waals surface area contributed by atoms with Crippen molar-refractivity contribution in [2.45, 2.75) is 93.0 Å². The summed E-state index contributed by atoms with van der Waals surface area (Å²) >= 11 is 0. The van der Waals surface area contributed by atoms with Crippen LogP contribution in [0.1, 0.15) is 129 Å². The number of anilines is 1. The summed E-state index contributed by atoms with van der Waals surface area (Å²) in [4.78, 5) is 58.7. The Kier molecular flexibility index (Phi) is 10.5. The lowest BCUT2D eigenvalue weighted by molar-refractivity contribution is -0.119. The predicted molar refractivity (Wildman–Crippen MR) is 197 cm³/mol. The number of nitrogens with zero attached hydrogens (tertiary/aromatic N) is 3. The molecule has 0 aliphatic carbocycles. The molecule has 1 unspecified atom stereocenters. The maximum Gasteiger partial charge on any atom is 0.261 e. The molecule has 256 valence electrons. The third-order valence-corrected chi connectivity index (χ3v) is 9.20. The average molecular weight is 660 g/mol. The van der Waals surface area contributed by atoms with E-state index in [0.29, 0.717) is 23.9 Å². The summed E-state index contributed by atoms with van der Waals surface area (Å²) in [6.07, 6.45) is 4.75. The molecule has 0 spiro atoms. The van der Waals surface area contributed by atoms with Crippen LogP contribution in [0.5, 0.6) is 0 Å². The minimum Gasteiger partial charge on any atom is -0.311 e. The fourth-order valence-corrected chi connectivity index (χ4v) is 7.33. The Morgan fingerprint density at radius 3 is 1.63 bits per heavy atom. The first-order valence-corrected chi connectivity index (χ1v) is 16.6. The van der Waals surface area contributed by atoms with Crippen molar-refractivity contribution in [1.29, 1.82) is 0 Å². The third-order valence-electron chi connectivity index (χ3n) is 9.20. The van der Waals surface area contributed by atoms with Gasteiger partial charge in [0.2, 0.25) is 6.41 Å². The molecule has 4 aromatic rings. The molecule has 0 bridgehead atoms. The van der Waals surface area contributed by atoms with E-state index in [1.54, 1.807) is 34.7 Å². The first-order chi connectivity index (χ1) is 22.8. The number of aromatic nitrogens is 1. The molecule has 4 rings (SSSR count). The van der Waals surface area contributed by atoms with Crippen LogP contribution in [-0.4, -0.2) is 47.0 Å². The van der Waals surface area contributed by atoms with Gasteiger partial charge >= 0.3 is 0 Å². The Bertz CT molecular complexity index is 1880. The summed E-state index contributed by atoms with van der Waals surface area (Å²) in [6.45, 7) is 22.0. The number of pyridine rings is 1. The monoisotopic (exact) mass is 659 g/mol. The van der Waals surface area contributed by atoms with Crippen LogP contribution in [-0.2, 0) is 10.2 Å². The van der Waals surface area contributed by atoms with Gasteiger partial charge in [-0.25, -0.2) is 0 Å². The fraction of sp³-hybridized carbons (Fsp3) is 0.357. The number of aldehydes is 1. The highest BCUT2D eigenvalue weighted by molar-refractivity contribution is 6.13.